The third kappa shape index (κ3) is 2.29. The van der Waals surface area contributed by atoms with Gasteiger partial charge in [0, 0.05) is 17.7 Å². The number of hydrogen-bond donors (Lipinski definition) is 3. The number of amides is 1. The summed E-state index contributed by atoms with van der Waals surface area (Å²) < 4.78 is 0. The van der Waals surface area contributed by atoms with Gasteiger partial charge in [-0.1, -0.05) is 6.07 Å². The molecule has 1 amide bonds. The third-order valence-electron chi connectivity index (χ3n) is 4.17. The number of nitrogens with two attached hydrogens (primary N) is 1. The molecule has 1 aliphatic heterocycles. The number of nitrogens with zero attached hydrogens (tertiary/aromatic N) is 1. The van der Waals surface area contributed by atoms with Crippen molar-refractivity contribution in [2.45, 2.75) is 31.7 Å². The molecular weight excluding hydrogens is 244 g/mol. The molecule has 1 aromatic rings. The standard InChI is InChI=1S/C13H18N4O2/c14-16-12(18)9-5-3-8(4-6-9)11-10-2-1-7-15-13(10)19-17-11/h1-2,7-9,11,17H,3-6,14H2,(H,16,18)/t8-,9-,11?. The highest BCUT2D eigenvalue weighted by Gasteiger charge is 2.35. The maximum Gasteiger partial charge on any atom is 0.242 e. The molecule has 1 atom stereocenters. The van der Waals surface area contributed by atoms with Crippen LogP contribution in [0.4, 0.5) is 0 Å². The van der Waals surface area contributed by atoms with Crippen LogP contribution in [0.15, 0.2) is 18.3 Å². The van der Waals surface area contributed by atoms with Crippen molar-refractivity contribution >= 4 is 5.91 Å². The fourth-order valence-corrected chi connectivity index (χ4v) is 3.09. The van der Waals surface area contributed by atoms with Gasteiger partial charge >= 0.3 is 0 Å². The van der Waals surface area contributed by atoms with Gasteiger partial charge in [-0.15, -0.1) is 5.48 Å². The van der Waals surface area contributed by atoms with Crippen LogP contribution in [0.3, 0.4) is 0 Å². The normalized spacial score (nSPS) is 29.4. The number of rotatable bonds is 2. The maximum absolute atomic E-state index is 11.5. The number of pyridine rings is 1. The minimum absolute atomic E-state index is 0.0452. The van der Waals surface area contributed by atoms with Crippen LogP contribution in [0, 0.1) is 11.8 Å². The number of carbonyl (C=O) groups excluding carboxylic acids is 1. The number of carbonyl (C=O) groups is 1. The van der Waals surface area contributed by atoms with Gasteiger partial charge in [-0.2, -0.15) is 0 Å². The molecule has 6 nitrogen and oxygen atoms in total. The Morgan fingerprint density at radius 2 is 2.21 bits per heavy atom. The van der Waals surface area contributed by atoms with Crippen molar-refractivity contribution < 1.29 is 9.63 Å². The molecule has 0 radical (unpaired) electrons. The average Bonchev–Trinajstić information content (AvgIpc) is 2.90. The summed E-state index contributed by atoms with van der Waals surface area (Å²) in [7, 11) is 0. The summed E-state index contributed by atoms with van der Waals surface area (Å²) in [5.74, 6) is 6.34. The summed E-state index contributed by atoms with van der Waals surface area (Å²) >= 11 is 0. The Bertz CT molecular complexity index is 471. The lowest BCUT2D eigenvalue weighted by Crippen LogP contribution is -2.38. The summed E-state index contributed by atoms with van der Waals surface area (Å²) in [6.45, 7) is 0. The van der Waals surface area contributed by atoms with Crippen LogP contribution in [0.5, 0.6) is 5.88 Å². The SMILES string of the molecule is NNC(=O)[C@H]1CC[C@H](C2NOc3ncccc32)CC1. The van der Waals surface area contributed by atoms with E-state index in [1.54, 1.807) is 6.20 Å². The fraction of sp³-hybridized carbons (Fsp3) is 0.538. The Morgan fingerprint density at radius 1 is 1.42 bits per heavy atom. The van der Waals surface area contributed by atoms with Gasteiger partial charge < -0.3 is 4.84 Å². The van der Waals surface area contributed by atoms with Gasteiger partial charge in [0.2, 0.25) is 11.8 Å². The van der Waals surface area contributed by atoms with Gasteiger partial charge in [0.25, 0.3) is 0 Å². The van der Waals surface area contributed by atoms with Crippen LogP contribution in [0.25, 0.3) is 0 Å². The van der Waals surface area contributed by atoms with E-state index in [4.69, 9.17) is 10.7 Å². The smallest absolute Gasteiger partial charge is 0.242 e. The minimum atomic E-state index is -0.0452. The third-order valence-corrected chi connectivity index (χ3v) is 4.17. The van der Waals surface area contributed by atoms with E-state index in [0.717, 1.165) is 31.2 Å². The average molecular weight is 262 g/mol. The lowest BCUT2D eigenvalue weighted by molar-refractivity contribution is -0.126. The second kappa shape index (κ2) is 5.14. The first-order valence-electron chi connectivity index (χ1n) is 6.67. The number of hydroxylamine groups is 1. The summed E-state index contributed by atoms with van der Waals surface area (Å²) in [6, 6.07) is 4.16. The van der Waals surface area contributed by atoms with Gasteiger partial charge in [0.1, 0.15) is 0 Å². The molecular formula is C13H18N4O2. The van der Waals surface area contributed by atoms with Crippen LogP contribution in [-0.4, -0.2) is 10.9 Å². The number of aromatic nitrogens is 1. The molecule has 102 valence electrons. The number of fused-ring (bicyclic) bond motifs is 1. The highest BCUT2D eigenvalue weighted by molar-refractivity contribution is 5.77. The van der Waals surface area contributed by atoms with E-state index in [1.165, 1.54) is 0 Å². The fourth-order valence-electron chi connectivity index (χ4n) is 3.09. The topological polar surface area (TPSA) is 89.3 Å². The van der Waals surface area contributed by atoms with E-state index < -0.39 is 0 Å². The van der Waals surface area contributed by atoms with Crippen LogP contribution >= 0.6 is 0 Å². The zero-order valence-corrected chi connectivity index (χ0v) is 10.6. The molecule has 1 aliphatic carbocycles. The molecule has 1 fully saturated rings. The monoisotopic (exact) mass is 262 g/mol. The summed E-state index contributed by atoms with van der Waals surface area (Å²) in [6.07, 6.45) is 5.47. The molecule has 0 spiro atoms. The summed E-state index contributed by atoms with van der Waals surface area (Å²) in [5.41, 5.74) is 6.43. The van der Waals surface area contributed by atoms with E-state index in [9.17, 15) is 4.79 Å². The van der Waals surface area contributed by atoms with Crippen LogP contribution < -0.4 is 21.6 Å². The van der Waals surface area contributed by atoms with Crippen molar-refractivity contribution in [1.82, 2.24) is 15.9 Å². The Morgan fingerprint density at radius 3 is 2.95 bits per heavy atom. The number of nitrogens with one attached hydrogen (secondary N) is 2. The van der Waals surface area contributed by atoms with Crippen molar-refractivity contribution in [3.8, 4) is 5.88 Å². The van der Waals surface area contributed by atoms with Gasteiger partial charge in [0.05, 0.1) is 6.04 Å². The molecule has 0 aromatic carbocycles. The molecule has 1 unspecified atom stereocenters. The quantitative estimate of drug-likeness (QED) is 0.417. The van der Waals surface area contributed by atoms with Crippen molar-refractivity contribution in [1.29, 1.82) is 0 Å². The second-order valence-corrected chi connectivity index (χ2v) is 5.22. The lowest BCUT2D eigenvalue weighted by atomic mass is 9.77. The highest BCUT2D eigenvalue weighted by Crippen LogP contribution is 2.41. The molecule has 19 heavy (non-hydrogen) atoms. The van der Waals surface area contributed by atoms with E-state index in [1.807, 2.05) is 12.1 Å². The van der Waals surface area contributed by atoms with Crippen LogP contribution in [0.1, 0.15) is 37.3 Å². The lowest BCUT2D eigenvalue weighted by Gasteiger charge is -2.30. The van der Waals surface area contributed by atoms with Gasteiger partial charge in [0.15, 0.2) is 0 Å². The van der Waals surface area contributed by atoms with Gasteiger partial charge in [-0.3, -0.25) is 10.2 Å². The molecule has 2 heterocycles. The molecule has 2 aliphatic rings. The van der Waals surface area contributed by atoms with Crippen molar-refractivity contribution in [2.75, 3.05) is 0 Å². The Hall–Kier alpha value is -1.66. The first-order valence-corrected chi connectivity index (χ1v) is 6.67. The van der Waals surface area contributed by atoms with Crippen LogP contribution in [0.2, 0.25) is 0 Å². The molecule has 0 saturated heterocycles. The van der Waals surface area contributed by atoms with Crippen molar-refractivity contribution in [3.05, 3.63) is 23.9 Å². The molecule has 1 aromatic heterocycles. The first kappa shape index (κ1) is 12.4. The zero-order chi connectivity index (χ0) is 13.2. The Balaban J connectivity index is 1.65. The number of hydrazine groups is 1. The van der Waals surface area contributed by atoms with Crippen LogP contribution in [-0.2, 0) is 4.79 Å². The number of hydrogen-bond acceptors (Lipinski definition) is 5. The highest BCUT2D eigenvalue weighted by atomic mass is 16.7. The summed E-state index contributed by atoms with van der Waals surface area (Å²) in [4.78, 5) is 21.1. The maximum atomic E-state index is 11.5. The Labute approximate surface area is 111 Å². The largest absolute Gasteiger partial charge is 0.387 e. The van der Waals surface area contributed by atoms with Crippen molar-refractivity contribution in [2.24, 2.45) is 17.7 Å². The summed E-state index contributed by atoms with van der Waals surface area (Å²) in [5, 5.41) is 0. The minimum Gasteiger partial charge on any atom is -0.387 e. The zero-order valence-electron chi connectivity index (χ0n) is 10.6. The molecule has 1 saturated carbocycles. The van der Waals surface area contributed by atoms with Gasteiger partial charge in [-0.25, -0.2) is 10.8 Å². The predicted octanol–water partition coefficient (Wildman–Crippen LogP) is 0.816. The van der Waals surface area contributed by atoms with E-state index in [-0.39, 0.29) is 17.9 Å². The molecule has 0 bridgehead atoms. The Kier molecular flexibility index (Phi) is 3.35. The van der Waals surface area contributed by atoms with Crippen molar-refractivity contribution in [3.63, 3.8) is 0 Å². The molecule has 6 heteroatoms. The van der Waals surface area contributed by atoms with E-state index in [0.29, 0.717) is 11.8 Å². The molecule has 4 N–H and O–H groups in total. The molecule has 3 rings (SSSR count). The second-order valence-electron chi connectivity index (χ2n) is 5.22. The van der Waals surface area contributed by atoms with E-state index in [2.05, 4.69) is 15.9 Å². The van der Waals surface area contributed by atoms with Gasteiger partial charge in [-0.05, 0) is 37.7 Å². The van der Waals surface area contributed by atoms with E-state index >= 15 is 0 Å². The predicted molar refractivity (Wildman–Crippen MR) is 68.5 cm³/mol. The first-order chi connectivity index (χ1) is 9.29.